The van der Waals surface area contributed by atoms with Gasteiger partial charge in [0.2, 0.25) is 0 Å². The maximum Gasteiger partial charge on any atom is 0.266 e. The van der Waals surface area contributed by atoms with Crippen LogP contribution in [-0.4, -0.2) is 26.7 Å². The minimum absolute atomic E-state index is 0.0585. The maximum atomic E-state index is 12.1. The Labute approximate surface area is 116 Å². The lowest BCUT2D eigenvalue weighted by molar-refractivity contribution is -0.121. The Kier molecular flexibility index (Phi) is 3.93. The number of hydrogen-bond donors (Lipinski definition) is 0. The fourth-order valence-corrected chi connectivity index (χ4v) is 2.77. The molecule has 1 aromatic rings. The summed E-state index contributed by atoms with van der Waals surface area (Å²) in [6, 6.07) is 3.73. The molecule has 0 N–H and O–H groups in total. The van der Waals surface area contributed by atoms with E-state index in [0.29, 0.717) is 15.8 Å². The van der Waals surface area contributed by atoms with Gasteiger partial charge in [0.1, 0.15) is 4.32 Å². The second-order valence-electron chi connectivity index (χ2n) is 4.01. The van der Waals surface area contributed by atoms with Crippen molar-refractivity contribution in [1.82, 2.24) is 9.88 Å². The van der Waals surface area contributed by atoms with Gasteiger partial charge in [0.25, 0.3) is 5.91 Å². The fraction of sp³-hybridized carbons (Fsp3) is 0.154. The molecule has 1 saturated heterocycles. The normalized spacial score (nSPS) is 17.6. The van der Waals surface area contributed by atoms with E-state index in [1.807, 2.05) is 25.1 Å². The number of carbonyl (C=O) groups is 1. The zero-order valence-corrected chi connectivity index (χ0v) is 11.6. The second kappa shape index (κ2) is 5.46. The van der Waals surface area contributed by atoms with Crippen LogP contribution in [0.25, 0.3) is 6.08 Å². The molecule has 0 spiro atoms. The molecule has 2 rings (SSSR count). The van der Waals surface area contributed by atoms with Crippen LogP contribution in [0.3, 0.4) is 0 Å². The van der Waals surface area contributed by atoms with E-state index >= 15 is 0 Å². The van der Waals surface area contributed by atoms with Crippen molar-refractivity contribution in [3.05, 3.63) is 47.1 Å². The summed E-state index contributed by atoms with van der Waals surface area (Å²) in [7, 11) is 0. The Bertz CT molecular complexity index is 537. The van der Waals surface area contributed by atoms with Gasteiger partial charge in [0.15, 0.2) is 0 Å². The van der Waals surface area contributed by atoms with Crippen molar-refractivity contribution in [1.29, 1.82) is 0 Å². The topological polar surface area (TPSA) is 33.2 Å². The third-order valence-corrected chi connectivity index (χ3v) is 3.66. The first-order valence-corrected chi connectivity index (χ1v) is 6.60. The third kappa shape index (κ3) is 2.86. The van der Waals surface area contributed by atoms with Gasteiger partial charge in [-0.15, -0.1) is 0 Å². The van der Waals surface area contributed by atoms with E-state index in [4.69, 9.17) is 12.2 Å². The highest BCUT2D eigenvalue weighted by Crippen LogP contribution is 2.32. The molecule has 0 atom stereocenters. The Morgan fingerprint density at radius 1 is 1.67 bits per heavy atom. The standard InChI is InChI=1S/C13H12N2OS2/c1-9(2)8-15-12(16)11(18-13(15)17)6-10-4-3-5-14-7-10/h3-7H,1,8H2,2H3/b11-6+. The molecule has 1 fully saturated rings. The summed E-state index contributed by atoms with van der Waals surface area (Å²) >= 11 is 6.52. The monoisotopic (exact) mass is 276 g/mol. The summed E-state index contributed by atoms with van der Waals surface area (Å²) in [5, 5.41) is 0. The van der Waals surface area contributed by atoms with Crippen molar-refractivity contribution in [2.24, 2.45) is 0 Å². The summed E-state index contributed by atoms with van der Waals surface area (Å²) in [5.41, 5.74) is 1.81. The van der Waals surface area contributed by atoms with E-state index in [1.165, 1.54) is 11.8 Å². The maximum absolute atomic E-state index is 12.1. The van der Waals surface area contributed by atoms with Crippen molar-refractivity contribution >= 4 is 40.3 Å². The number of pyridine rings is 1. The minimum Gasteiger partial charge on any atom is -0.289 e. The van der Waals surface area contributed by atoms with Crippen molar-refractivity contribution in [2.75, 3.05) is 6.54 Å². The molecule has 1 aliphatic heterocycles. The molecule has 18 heavy (non-hydrogen) atoms. The largest absolute Gasteiger partial charge is 0.289 e. The van der Waals surface area contributed by atoms with Gasteiger partial charge in [0, 0.05) is 18.9 Å². The summed E-state index contributed by atoms with van der Waals surface area (Å²) < 4.78 is 0.582. The van der Waals surface area contributed by atoms with Crippen LogP contribution < -0.4 is 0 Å². The summed E-state index contributed by atoms with van der Waals surface area (Å²) in [5.74, 6) is -0.0585. The summed E-state index contributed by atoms with van der Waals surface area (Å²) in [6.45, 7) is 6.16. The number of rotatable bonds is 3. The van der Waals surface area contributed by atoms with Gasteiger partial charge in [-0.2, -0.15) is 0 Å². The first-order chi connectivity index (χ1) is 8.58. The van der Waals surface area contributed by atoms with Crippen molar-refractivity contribution in [2.45, 2.75) is 6.92 Å². The second-order valence-corrected chi connectivity index (χ2v) is 5.69. The Balaban J connectivity index is 2.23. The minimum atomic E-state index is -0.0585. The number of thioether (sulfide) groups is 1. The first-order valence-electron chi connectivity index (χ1n) is 5.37. The SMILES string of the molecule is C=C(C)CN1C(=O)/C(=C\c2cccnc2)SC1=S. The van der Waals surface area contributed by atoms with E-state index in [1.54, 1.807) is 17.3 Å². The highest BCUT2D eigenvalue weighted by atomic mass is 32.2. The van der Waals surface area contributed by atoms with Crippen LogP contribution in [0.2, 0.25) is 0 Å². The van der Waals surface area contributed by atoms with Gasteiger partial charge >= 0.3 is 0 Å². The number of carbonyl (C=O) groups excluding carboxylic acids is 1. The lowest BCUT2D eigenvalue weighted by Crippen LogP contribution is -2.29. The Hall–Kier alpha value is -1.46. The fourth-order valence-electron chi connectivity index (χ4n) is 1.52. The lowest BCUT2D eigenvalue weighted by atomic mass is 10.2. The van der Waals surface area contributed by atoms with Crippen LogP contribution in [0, 0.1) is 0 Å². The van der Waals surface area contributed by atoms with Gasteiger partial charge in [-0.1, -0.05) is 42.2 Å². The molecule has 0 bridgehead atoms. The quantitative estimate of drug-likeness (QED) is 0.483. The van der Waals surface area contributed by atoms with Crippen LogP contribution in [-0.2, 0) is 4.79 Å². The molecule has 0 aliphatic carbocycles. The number of hydrogen-bond acceptors (Lipinski definition) is 4. The van der Waals surface area contributed by atoms with E-state index < -0.39 is 0 Å². The molecular weight excluding hydrogens is 264 g/mol. The van der Waals surface area contributed by atoms with E-state index in [-0.39, 0.29) is 5.91 Å². The van der Waals surface area contributed by atoms with Gasteiger partial charge < -0.3 is 0 Å². The molecule has 92 valence electrons. The van der Waals surface area contributed by atoms with Crippen LogP contribution in [0.4, 0.5) is 0 Å². The molecule has 0 radical (unpaired) electrons. The predicted octanol–water partition coefficient (Wildman–Crippen LogP) is 2.86. The molecule has 1 aromatic heterocycles. The lowest BCUT2D eigenvalue weighted by Gasteiger charge is -2.13. The molecule has 1 aliphatic rings. The zero-order valence-electron chi connectivity index (χ0n) is 9.92. The third-order valence-electron chi connectivity index (χ3n) is 2.28. The molecule has 5 heteroatoms. The molecule has 0 saturated carbocycles. The van der Waals surface area contributed by atoms with Gasteiger partial charge in [-0.05, 0) is 24.6 Å². The molecule has 0 unspecified atom stereocenters. The van der Waals surface area contributed by atoms with Crippen molar-refractivity contribution < 1.29 is 4.79 Å². The number of thiocarbonyl (C=S) groups is 1. The smallest absolute Gasteiger partial charge is 0.266 e. The summed E-state index contributed by atoms with van der Waals surface area (Å²) in [4.78, 5) is 18.4. The van der Waals surface area contributed by atoms with Crippen molar-refractivity contribution in [3.63, 3.8) is 0 Å². The summed E-state index contributed by atoms with van der Waals surface area (Å²) in [6.07, 6.45) is 5.22. The van der Waals surface area contributed by atoms with Crippen LogP contribution in [0.15, 0.2) is 41.6 Å². The van der Waals surface area contributed by atoms with Gasteiger partial charge in [-0.25, -0.2) is 0 Å². The number of amides is 1. The predicted molar refractivity (Wildman–Crippen MR) is 78.9 cm³/mol. The van der Waals surface area contributed by atoms with E-state index in [9.17, 15) is 4.79 Å². The number of aromatic nitrogens is 1. The molecule has 1 amide bonds. The van der Waals surface area contributed by atoms with Gasteiger partial charge in [-0.3, -0.25) is 14.7 Å². The van der Waals surface area contributed by atoms with Crippen LogP contribution in [0.1, 0.15) is 12.5 Å². The van der Waals surface area contributed by atoms with Crippen LogP contribution >= 0.6 is 24.0 Å². The zero-order chi connectivity index (χ0) is 13.1. The van der Waals surface area contributed by atoms with Crippen LogP contribution in [0.5, 0.6) is 0 Å². The van der Waals surface area contributed by atoms with Gasteiger partial charge in [0.05, 0.1) is 4.91 Å². The average Bonchev–Trinajstić information content (AvgIpc) is 2.58. The molecule has 0 aromatic carbocycles. The number of nitrogens with zero attached hydrogens (tertiary/aromatic N) is 2. The Morgan fingerprint density at radius 2 is 2.44 bits per heavy atom. The Morgan fingerprint density at radius 3 is 3.06 bits per heavy atom. The average molecular weight is 276 g/mol. The molecular formula is C13H12N2OS2. The van der Waals surface area contributed by atoms with E-state index in [0.717, 1.165) is 11.1 Å². The highest BCUT2D eigenvalue weighted by molar-refractivity contribution is 8.26. The molecule has 3 nitrogen and oxygen atoms in total. The first kappa shape index (κ1) is 13.0. The highest BCUT2D eigenvalue weighted by Gasteiger charge is 2.31. The molecule has 2 heterocycles. The van der Waals surface area contributed by atoms with E-state index in [2.05, 4.69) is 11.6 Å². The van der Waals surface area contributed by atoms with Crippen molar-refractivity contribution in [3.8, 4) is 0 Å².